The molecule has 44 heavy (non-hydrogen) atoms. The van der Waals surface area contributed by atoms with Gasteiger partial charge < -0.3 is 30.1 Å². The van der Waals surface area contributed by atoms with Crippen LogP contribution in [0.4, 0.5) is 10.5 Å². The second-order valence-electron chi connectivity index (χ2n) is 11.5. The van der Waals surface area contributed by atoms with Gasteiger partial charge in [0.1, 0.15) is 29.2 Å². The molecule has 0 aliphatic heterocycles. The Hall–Kier alpha value is -4.97. The molecule has 0 aliphatic carbocycles. The average Bonchev–Trinajstić information content (AvgIpc) is 2.99. The Kier molecular flexibility index (Phi) is 11.4. The molecule has 0 aromatic heterocycles. The number of phenolic OH excluding ortho intramolecular Hbond substituents is 1. The van der Waals surface area contributed by atoms with Crippen molar-refractivity contribution < 1.29 is 29.0 Å². The van der Waals surface area contributed by atoms with Crippen LogP contribution in [0.5, 0.6) is 11.5 Å². The van der Waals surface area contributed by atoms with E-state index in [0.717, 1.165) is 0 Å². The van der Waals surface area contributed by atoms with Gasteiger partial charge in [-0.2, -0.15) is 0 Å². The van der Waals surface area contributed by atoms with E-state index in [1.807, 2.05) is 13.8 Å². The first-order valence-electron chi connectivity index (χ1n) is 14.5. The van der Waals surface area contributed by atoms with Crippen molar-refractivity contribution in [3.8, 4) is 23.8 Å². The van der Waals surface area contributed by atoms with Crippen LogP contribution in [-0.2, 0) is 20.7 Å². The summed E-state index contributed by atoms with van der Waals surface area (Å²) in [4.78, 5) is 43.1. The quantitative estimate of drug-likeness (QED) is 0.239. The fourth-order valence-electron chi connectivity index (χ4n) is 4.58. The molecule has 0 spiro atoms. The zero-order valence-electron chi connectivity index (χ0n) is 26.1. The molecule has 0 saturated carbocycles. The van der Waals surface area contributed by atoms with Crippen molar-refractivity contribution in [2.75, 3.05) is 12.4 Å². The van der Waals surface area contributed by atoms with Gasteiger partial charge in [-0.1, -0.05) is 37.1 Å². The number of carbonyl (C=O) groups is 3. The van der Waals surface area contributed by atoms with Gasteiger partial charge in [-0.25, -0.2) is 4.79 Å². The molecule has 0 heterocycles. The van der Waals surface area contributed by atoms with Crippen molar-refractivity contribution in [3.63, 3.8) is 0 Å². The SMILES string of the molecule is C#Cc1ccc(C(C(=O)Nc2ccc(OC)cc2)N(C(=O)C(Cc2ccc(O)cc2)NC(=O)OC(C)(C)C)C(C)CC)cc1. The molecule has 3 amide bonds. The lowest BCUT2D eigenvalue weighted by Gasteiger charge is -2.38. The number of rotatable bonds is 11. The number of amides is 3. The number of nitrogens with one attached hydrogen (secondary N) is 2. The van der Waals surface area contributed by atoms with Gasteiger partial charge in [0, 0.05) is 23.7 Å². The van der Waals surface area contributed by atoms with E-state index >= 15 is 0 Å². The summed E-state index contributed by atoms with van der Waals surface area (Å²) in [6, 6.07) is 17.5. The highest BCUT2D eigenvalue weighted by Crippen LogP contribution is 2.29. The Morgan fingerprint density at radius 2 is 1.59 bits per heavy atom. The smallest absolute Gasteiger partial charge is 0.408 e. The van der Waals surface area contributed by atoms with E-state index in [1.54, 1.807) is 88.5 Å². The second-order valence-corrected chi connectivity index (χ2v) is 11.5. The monoisotopic (exact) mass is 599 g/mol. The lowest BCUT2D eigenvalue weighted by Crippen LogP contribution is -2.55. The number of aromatic hydroxyl groups is 1. The molecule has 0 radical (unpaired) electrons. The predicted octanol–water partition coefficient (Wildman–Crippen LogP) is 5.83. The van der Waals surface area contributed by atoms with Crippen molar-refractivity contribution in [2.45, 2.75) is 71.2 Å². The number of nitrogens with zero attached hydrogens (tertiary/aromatic N) is 1. The molecule has 9 nitrogen and oxygen atoms in total. The number of terminal acetylenes is 1. The van der Waals surface area contributed by atoms with Crippen LogP contribution in [0.2, 0.25) is 0 Å². The first kappa shape index (κ1) is 33.5. The second kappa shape index (κ2) is 15.0. The standard InChI is InChI=1S/C35H41N3O6/c1-8-23(3)38(33(41)30(37-34(42)44-35(4,5)6)22-25-12-18-28(39)19-13-25)31(26-14-10-24(9-2)11-15-26)32(40)36-27-16-20-29(43-7)21-17-27/h2,10-21,23,30-31,39H,8,22H2,1,3-7H3,(H,36,40)(H,37,42). The maximum atomic E-state index is 14.6. The molecular weight excluding hydrogens is 558 g/mol. The number of carbonyl (C=O) groups excluding carboxylic acids is 3. The summed E-state index contributed by atoms with van der Waals surface area (Å²) in [6.45, 7) is 8.96. The molecule has 3 aromatic carbocycles. The molecule has 9 heteroatoms. The van der Waals surface area contributed by atoms with Gasteiger partial charge in [-0.05, 0) is 93.8 Å². The van der Waals surface area contributed by atoms with Crippen molar-refractivity contribution >= 4 is 23.6 Å². The lowest BCUT2D eigenvalue weighted by atomic mass is 9.97. The van der Waals surface area contributed by atoms with Crippen LogP contribution in [0, 0.1) is 12.3 Å². The third-order valence-electron chi connectivity index (χ3n) is 6.96. The first-order chi connectivity index (χ1) is 20.8. The van der Waals surface area contributed by atoms with Crippen LogP contribution >= 0.6 is 0 Å². The van der Waals surface area contributed by atoms with Crippen LogP contribution in [-0.4, -0.2) is 52.7 Å². The molecule has 0 fully saturated rings. The minimum Gasteiger partial charge on any atom is -0.508 e. The molecule has 0 saturated heterocycles. The van der Waals surface area contributed by atoms with Crippen molar-refractivity contribution in [1.29, 1.82) is 0 Å². The third kappa shape index (κ3) is 9.27. The van der Waals surface area contributed by atoms with Gasteiger partial charge in [0.15, 0.2) is 0 Å². The van der Waals surface area contributed by atoms with E-state index in [4.69, 9.17) is 15.9 Å². The third-order valence-corrected chi connectivity index (χ3v) is 6.96. The maximum Gasteiger partial charge on any atom is 0.408 e. The maximum absolute atomic E-state index is 14.6. The van der Waals surface area contributed by atoms with E-state index in [9.17, 15) is 19.5 Å². The van der Waals surface area contributed by atoms with Gasteiger partial charge in [0.2, 0.25) is 5.91 Å². The topological polar surface area (TPSA) is 117 Å². The Morgan fingerprint density at radius 3 is 2.11 bits per heavy atom. The fraction of sp³-hybridized carbons (Fsp3) is 0.343. The number of anilines is 1. The summed E-state index contributed by atoms with van der Waals surface area (Å²) in [5.74, 6) is 2.36. The molecule has 3 aromatic rings. The van der Waals surface area contributed by atoms with E-state index in [0.29, 0.717) is 34.5 Å². The summed E-state index contributed by atoms with van der Waals surface area (Å²) in [5.41, 5.74) is 1.58. The molecule has 232 valence electrons. The number of alkyl carbamates (subject to hydrolysis) is 1. The zero-order chi connectivity index (χ0) is 32.4. The Balaban J connectivity index is 2.09. The minimum absolute atomic E-state index is 0.0728. The molecule has 3 unspecified atom stereocenters. The van der Waals surface area contributed by atoms with Crippen LogP contribution in [0.15, 0.2) is 72.8 Å². The molecular formula is C35H41N3O6. The summed E-state index contributed by atoms with van der Waals surface area (Å²) < 4.78 is 10.7. The van der Waals surface area contributed by atoms with Gasteiger partial charge in [0.05, 0.1) is 7.11 Å². The number of methoxy groups -OCH3 is 1. The van der Waals surface area contributed by atoms with E-state index < -0.39 is 41.6 Å². The van der Waals surface area contributed by atoms with E-state index in [-0.39, 0.29) is 12.2 Å². The Bertz CT molecular complexity index is 1450. The van der Waals surface area contributed by atoms with E-state index in [2.05, 4.69) is 16.6 Å². The number of hydrogen-bond donors (Lipinski definition) is 3. The highest BCUT2D eigenvalue weighted by molar-refractivity contribution is 5.99. The summed E-state index contributed by atoms with van der Waals surface area (Å²) >= 11 is 0. The van der Waals surface area contributed by atoms with Crippen LogP contribution < -0.4 is 15.4 Å². The molecule has 3 N–H and O–H groups in total. The normalized spacial score (nSPS) is 13.0. The van der Waals surface area contributed by atoms with E-state index in [1.165, 1.54) is 17.0 Å². The highest BCUT2D eigenvalue weighted by atomic mass is 16.6. The van der Waals surface area contributed by atoms with Crippen molar-refractivity contribution in [2.24, 2.45) is 0 Å². The van der Waals surface area contributed by atoms with Crippen molar-refractivity contribution in [3.05, 3.63) is 89.5 Å². The highest BCUT2D eigenvalue weighted by Gasteiger charge is 2.38. The number of benzene rings is 3. The molecule has 0 aliphatic rings. The largest absolute Gasteiger partial charge is 0.508 e. The summed E-state index contributed by atoms with van der Waals surface area (Å²) in [6.07, 6.45) is 5.43. The lowest BCUT2D eigenvalue weighted by molar-refractivity contribution is -0.143. The Labute approximate surface area is 259 Å². The average molecular weight is 600 g/mol. The molecule has 3 rings (SSSR count). The Morgan fingerprint density at radius 1 is 0.977 bits per heavy atom. The first-order valence-corrected chi connectivity index (χ1v) is 14.5. The van der Waals surface area contributed by atoms with Gasteiger partial charge in [-0.15, -0.1) is 6.42 Å². The van der Waals surface area contributed by atoms with Crippen LogP contribution in [0.25, 0.3) is 0 Å². The fourth-order valence-corrected chi connectivity index (χ4v) is 4.58. The number of hydrogen-bond acceptors (Lipinski definition) is 6. The molecule has 3 atom stereocenters. The van der Waals surface area contributed by atoms with Gasteiger partial charge in [0.25, 0.3) is 5.91 Å². The number of ether oxygens (including phenoxy) is 2. The van der Waals surface area contributed by atoms with Crippen molar-refractivity contribution in [1.82, 2.24) is 10.2 Å². The zero-order valence-corrected chi connectivity index (χ0v) is 26.1. The summed E-state index contributed by atoms with van der Waals surface area (Å²) in [7, 11) is 1.55. The summed E-state index contributed by atoms with van der Waals surface area (Å²) in [5, 5.41) is 15.5. The number of phenols is 1. The minimum atomic E-state index is -1.09. The predicted molar refractivity (Wildman–Crippen MR) is 170 cm³/mol. The van der Waals surface area contributed by atoms with Gasteiger partial charge >= 0.3 is 6.09 Å². The van der Waals surface area contributed by atoms with Gasteiger partial charge in [-0.3, -0.25) is 9.59 Å². The molecule has 0 bridgehead atoms. The van der Waals surface area contributed by atoms with Crippen LogP contribution in [0.3, 0.4) is 0 Å². The van der Waals surface area contributed by atoms with Crippen LogP contribution in [0.1, 0.15) is 63.8 Å².